The zero-order valence-corrected chi connectivity index (χ0v) is 11.3. The smallest absolute Gasteiger partial charge is 0.373 e. The van der Waals surface area contributed by atoms with Gasteiger partial charge in [0.2, 0.25) is 0 Å². The third kappa shape index (κ3) is 5.34. The van der Waals surface area contributed by atoms with Gasteiger partial charge in [-0.2, -0.15) is 13.2 Å². The van der Waals surface area contributed by atoms with Gasteiger partial charge in [0.1, 0.15) is 11.6 Å². The second-order valence-corrected chi connectivity index (χ2v) is 4.46. The van der Waals surface area contributed by atoms with Crippen molar-refractivity contribution in [3.05, 3.63) is 17.7 Å². The second kappa shape index (κ2) is 6.60. The van der Waals surface area contributed by atoms with E-state index in [1.54, 1.807) is 0 Å². The highest BCUT2D eigenvalue weighted by atomic mass is 19.4. The van der Waals surface area contributed by atoms with Crippen molar-refractivity contribution in [2.75, 3.05) is 44.9 Å². The van der Waals surface area contributed by atoms with Gasteiger partial charge in [-0.3, -0.25) is 0 Å². The first kappa shape index (κ1) is 15.6. The summed E-state index contributed by atoms with van der Waals surface area (Å²) in [6.45, 7) is 1.44. The lowest BCUT2D eigenvalue weighted by Crippen LogP contribution is -2.17. The van der Waals surface area contributed by atoms with Crippen molar-refractivity contribution in [2.24, 2.45) is 0 Å². The van der Waals surface area contributed by atoms with Crippen LogP contribution in [0.25, 0.3) is 0 Å². The zero-order valence-electron chi connectivity index (χ0n) is 11.3. The number of nitrogens with zero attached hydrogens (tertiary/aromatic N) is 2. The number of anilines is 2. The Hall–Kier alpha value is -1.50. The monoisotopic (exact) mass is 276 g/mol. The fraction of sp³-hybridized carbons (Fsp3) is 0.583. The van der Waals surface area contributed by atoms with Crippen LogP contribution in [0.3, 0.4) is 0 Å². The van der Waals surface area contributed by atoms with E-state index in [1.165, 1.54) is 7.05 Å². The fourth-order valence-electron chi connectivity index (χ4n) is 1.52. The lowest BCUT2D eigenvalue weighted by atomic mass is 10.2. The molecule has 19 heavy (non-hydrogen) atoms. The molecule has 0 aliphatic carbocycles. The van der Waals surface area contributed by atoms with Crippen LogP contribution in [0.5, 0.6) is 0 Å². The number of rotatable bonds is 6. The minimum absolute atomic E-state index is 0.199. The Bertz CT molecular complexity index is 404. The largest absolute Gasteiger partial charge is 0.416 e. The molecule has 0 saturated heterocycles. The van der Waals surface area contributed by atoms with E-state index in [1.807, 2.05) is 19.0 Å². The van der Waals surface area contributed by atoms with Crippen molar-refractivity contribution in [1.29, 1.82) is 0 Å². The summed E-state index contributed by atoms with van der Waals surface area (Å²) in [6.07, 6.45) is -3.53. The Morgan fingerprint density at radius 3 is 2.37 bits per heavy atom. The predicted octanol–water partition coefficient (Wildman–Crippen LogP) is 2.51. The summed E-state index contributed by atoms with van der Waals surface area (Å²) in [4.78, 5) is 6.06. The summed E-state index contributed by atoms with van der Waals surface area (Å²) in [6, 6.07) is 2.02. The molecule has 0 atom stereocenters. The van der Waals surface area contributed by atoms with Crippen molar-refractivity contribution in [1.82, 2.24) is 9.88 Å². The highest BCUT2D eigenvalue weighted by Crippen LogP contribution is 2.31. The number of alkyl halides is 3. The van der Waals surface area contributed by atoms with Gasteiger partial charge >= 0.3 is 6.18 Å². The lowest BCUT2D eigenvalue weighted by molar-refractivity contribution is -0.137. The normalized spacial score (nSPS) is 11.7. The van der Waals surface area contributed by atoms with Crippen LogP contribution >= 0.6 is 0 Å². The van der Waals surface area contributed by atoms with E-state index in [0.717, 1.165) is 25.1 Å². The van der Waals surface area contributed by atoms with Crippen LogP contribution in [-0.4, -0.2) is 44.1 Å². The van der Waals surface area contributed by atoms with Gasteiger partial charge in [0.15, 0.2) is 0 Å². The molecule has 0 radical (unpaired) electrons. The highest BCUT2D eigenvalue weighted by Gasteiger charge is 2.31. The molecule has 0 fully saturated rings. The quantitative estimate of drug-likeness (QED) is 0.783. The topological polar surface area (TPSA) is 40.2 Å². The molecule has 4 nitrogen and oxygen atoms in total. The Balaban J connectivity index is 2.72. The highest BCUT2D eigenvalue weighted by molar-refractivity contribution is 5.49. The van der Waals surface area contributed by atoms with E-state index in [0.29, 0.717) is 6.54 Å². The summed E-state index contributed by atoms with van der Waals surface area (Å²) in [5, 5.41) is 5.54. The maximum Gasteiger partial charge on any atom is 0.416 e. The molecule has 0 amide bonds. The summed E-state index contributed by atoms with van der Waals surface area (Å²) in [5.74, 6) is 0.433. The average molecular weight is 276 g/mol. The summed E-state index contributed by atoms with van der Waals surface area (Å²) >= 11 is 0. The first-order chi connectivity index (χ1) is 8.82. The molecule has 1 rings (SSSR count). The summed E-state index contributed by atoms with van der Waals surface area (Å²) in [5.41, 5.74) is -0.707. The third-order valence-electron chi connectivity index (χ3n) is 2.50. The Morgan fingerprint density at radius 1 is 1.21 bits per heavy atom. The van der Waals surface area contributed by atoms with Crippen molar-refractivity contribution in [3.63, 3.8) is 0 Å². The van der Waals surface area contributed by atoms with Crippen molar-refractivity contribution in [3.8, 4) is 0 Å². The number of hydrogen-bond donors (Lipinski definition) is 2. The summed E-state index contributed by atoms with van der Waals surface area (Å²) in [7, 11) is 5.43. The van der Waals surface area contributed by atoms with E-state index in [-0.39, 0.29) is 11.6 Å². The molecule has 0 saturated carbocycles. The van der Waals surface area contributed by atoms with Crippen LogP contribution in [0.2, 0.25) is 0 Å². The molecule has 0 aromatic carbocycles. The molecule has 0 unspecified atom stereocenters. The molecule has 0 aliphatic heterocycles. The molecule has 7 heteroatoms. The van der Waals surface area contributed by atoms with E-state index in [2.05, 4.69) is 15.6 Å². The molecular weight excluding hydrogens is 257 g/mol. The fourth-order valence-corrected chi connectivity index (χ4v) is 1.52. The number of nitrogens with one attached hydrogen (secondary N) is 2. The van der Waals surface area contributed by atoms with Gasteiger partial charge in [0.05, 0.1) is 5.56 Å². The third-order valence-corrected chi connectivity index (χ3v) is 2.50. The van der Waals surface area contributed by atoms with Gasteiger partial charge in [-0.05, 0) is 39.2 Å². The van der Waals surface area contributed by atoms with Gasteiger partial charge < -0.3 is 15.5 Å². The van der Waals surface area contributed by atoms with Gasteiger partial charge in [0.25, 0.3) is 0 Å². The van der Waals surface area contributed by atoms with Gasteiger partial charge in [0, 0.05) is 13.6 Å². The van der Waals surface area contributed by atoms with Crippen LogP contribution in [0, 0.1) is 0 Å². The number of halogens is 3. The minimum Gasteiger partial charge on any atom is -0.373 e. The second-order valence-electron chi connectivity index (χ2n) is 4.46. The average Bonchev–Trinajstić information content (AvgIpc) is 2.33. The Morgan fingerprint density at radius 2 is 1.84 bits per heavy atom. The Kier molecular flexibility index (Phi) is 5.41. The maximum absolute atomic E-state index is 12.7. The Labute approximate surface area is 111 Å². The number of pyridine rings is 1. The van der Waals surface area contributed by atoms with Crippen molar-refractivity contribution < 1.29 is 13.2 Å². The molecule has 108 valence electrons. The van der Waals surface area contributed by atoms with Crippen LogP contribution in [0.4, 0.5) is 24.8 Å². The summed E-state index contributed by atoms with van der Waals surface area (Å²) < 4.78 is 38.1. The first-order valence-electron chi connectivity index (χ1n) is 5.98. The van der Waals surface area contributed by atoms with Crippen LogP contribution < -0.4 is 10.6 Å². The number of aromatic nitrogens is 1. The minimum atomic E-state index is -4.37. The maximum atomic E-state index is 12.7. The van der Waals surface area contributed by atoms with E-state index < -0.39 is 11.7 Å². The standard InChI is InChI=1S/C12H19F3N4/c1-16-10-7-9(12(13,14)15)8-11(18-10)17-5-4-6-19(2)3/h7-8H,4-6H2,1-3H3,(H2,16,17,18). The van der Waals surface area contributed by atoms with Crippen LogP contribution in [0.1, 0.15) is 12.0 Å². The molecular formula is C12H19F3N4. The molecule has 1 heterocycles. The van der Waals surface area contributed by atoms with Crippen LogP contribution in [0.15, 0.2) is 12.1 Å². The van der Waals surface area contributed by atoms with Gasteiger partial charge in [-0.15, -0.1) is 0 Å². The first-order valence-corrected chi connectivity index (χ1v) is 5.98. The van der Waals surface area contributed by atoms with Crippen LogP contribution in [-0.2, 0) is 6.18 Å². The molecule has 0 spiro atoms. The number of hydrogen-bond acceptors (Lipinski definition) is 4. The predicted molar refractivity (Wildman–Crippen MR) is 70.4 cm³/mol. The molecule has 1 aromatic rings. The zero-order chi connectivity index (χ0) is 14.5. The lowest BCUT2D eigenvalue weighted by Gasteiger charge is -2.13. The van der Waals surface area contributed by atoms with E-state index in [4.69, 9.17) is 0 Å². The SMILES string of the molecule is CNc1cc(C(F)(F)F)cc(NCCCN(C)C)n1. The molecule has 0 aliphatic rings. The van der Waals surface area contributed by atoms with Crippen molar-refractivity contribution >= 4 is 11.6 Å². The van der Waals surface area contributed by atoms with E-state index >= 15 is 0 Å². The molecule has 0 bridgehead atoms. The molecule has 1 aromatic heterocycles. The molecule has 2 N–H and O–H groups in total. The van der Waals surface area contributed by atoms with Gasteiger partial charge in [-0.1, -0.05) is 0 Å². The van der Waals surface area contributed by atoms with E-state index in [9.17, 15) is 13.2 Å². The van der Waals surface area contributed by atoms with Gasteiger partial charge in [-0.25, -0.2) is 4.98 Å². The van der Waals surface area contributed by atoms with Crippen molar-refractivity contribution in [2.45, 2.75) is 12.6 Å².